The van der Waals surface area contributed by atoms with E-state index in [1.165, 1.54) is 0 Å². The lowest BCUT2D eigenvalue weighted by Crippen LogP contribution is -2.32. The summed E-state index contributed by atoms with van der Waals surface area (Å²) in [5, 5.41) is 2.84. The van der Waals surface area contributed by atoms with Gasteiger partial charge in [-0.05, 0) is 50.1 Å². The number of benzene rings is 2. The monoisotopic (exact) mass is 371 g/mol. The van der Waals surface area contributed by atoms with Gasteiger partial charge in [-0.2, -0.15) is 0 Å². The Bertz CT molecular complexity index is 803. The van der Waals surface area contributed by atoms with Crippen molar-refractivity contribution in [2.75, 3.05) is 19.0 Å². The van der Waals surface area contributed by atoms with Gasteiger partial charge in [-0.25, -0.2) is 4.79 Å². The number of hydrogen-bond donors (Lipinski definition) is 1. The average Bonchev–Trinajstić information content (AvgIpc) is 2.68. The first kappa shape index (κ1) is 20.3. The molecule has 27 heavy (non-hydrogen) atoms. The number of rotatable bonds is 8. The van der Waals surface area contributed by atoms with E-state index in [0.29, 0.717) is 35.8 Å². The fraction of sp³-hybridized carbons (Fsp3) is 0.333. The largest absolute Gasteiger partial charge is 0.497 e. The van der Waals surface area contributed by atoms with Gasteiger partial charge in [-0.15, -0.1) is 0 Å². The number of aryl methyl sites for hydroxylation is 1. The van der Waals surface area contributed by atoms with Gasteiger partial charge >= 0.3 is 5.97 Å². The summed E-state index contributed by atoms with van der Waals surface area (Å²) in [7, 11) is 1.57. The Hall–Kier alpha value is -3.02. The molecule has 1 N–H and O–H groups in total. The zero-order valence-electron chi connectivity index (χ0n) is 16.1. The van der Waals surface area contributed by atoms with Crippen LogP contribution in [0.15, 0.2) is 42.5 Å². The van der Waals surface area contributed by atoms with Crippen molar-refractivity contribution < 1.29 is 23.8 Å². The molecule has 0 heterocycles. The van der Waals surface area contributed by atoms with Crippen LogP contribution in [0.5, 0.6) is 11.5 Å². The number of ether oxygens (including phenoxy) is 3. The molecule has 1 amide bonds. The van der Waals surface area contributed by atoms with Crippen molar-refractivity contribution in [3.05, 3.63) is 53.6 Å². The van der Waals surface area contributed by atoms with Crippen LogP contribution in [0, 0.1) is 6.92 Å². The fourth-order valence-corrected chi connectivity index (χ4v) is 2.47. The topological polar surface area (TPSA) is 73.9 Å². The summed E-state index contributed by atoms with van der Waals surface area (Å²) in [5.74, 6) is 0.492. The minimum Gasteiger partial charge on any atom is -0.497 e. The predicted molar refractivity (Wildman–Crippen MR) is 103 cm³/mol. The second kappa shape index (κ2) is 9.62. The fourth-order valence-electron chi connectivity index (χ4n) is 2.47. The van der Waals surface area contributed by atoms with Crippen molar-refractivity contribution >= 4 is 17.6 Å². The van der Waals surface area contributed by atoms with Crippen LogP contribution in [0.2, 0.25) is 0 Å². The zero-order chi connectivity index (χ0) is 19.8. The van der Waals surface area contributed by atoms with Gasteiger partial charge in [0.15, 0.2) is 6.10 Å². The highest BCUT2D eigenvalue weighted by Gasteiger charge is 2.20. The minimum absolute atomic E-state index is 0.288. The molecule has 2 aromatic rings. The number of amides is 1. The second-order valence-corrected chi connectivity index (χ2v) is 5.93. The van der Waals surface area contributed by atoms with Crippen LogP contribution in [0.25, 0.3) is 0 Å². The maximum Gasteiger partial charge on any atom is 0.338 e. The smallest absolute Gasteiger partial charge is 0.338 e. The number of carbonyl (C=O) groups is 2. The molecular weight excluding hydrogens is 346 g/mol. The van der Waals surface area contributed by atoms with Gasteiger partial charge in [-0.1, -0.05) is 19.1 Å². The lowest BCUT2D eigenvalue weighted by atomic mass is 10.1. The minimum atomic E-state index is -0.678. The summed E-state index contributed by atoms with van der Waals surface area (Å²) >= 11 is 0. The van der Waals surface area contributed by atoms with E-state index in [0.717, 1.165) is 5.56 Å². The van der Waals surface area contributed by atoms with E-state index in [2.05, 4.69) is 5.32 Å². The average molecular weight is 371 g/mol. The molecule has 1 unspecified atom stereocenters. The molecule has 0 fully saturated rings. The van der Waals surface area contributed by atoms with E-state index in [9.17, 15) is 9.59 Å². The molecule has 0 radical (unpaired) electrons. The standard InChI is InChI=1S/C21H25NO5/c1-5-19(27-17-9-7-8-16(13-17)25-4)20(23)22-18-12-15(11-10-14(18)3)21(24)26-6-2/h7-13,19H,5-6H2,1-4H3,(H,22,23). The molecule has 1 atom stereocenters. The first-order valence-electron chi connectivity index (χ1n) is 8.87. The third kappa shape index (κ3) is 5.48. The highest BCUT2D eigenvalue weighted by molar-refractivity contribution is 5.97. The van der Waals surface area contributed by atoms with E-state index in [1.807, 2.05) is 13.8 Å². The van der Waals surface area contributed by atoms with Crippen molar-refractivity contribution in [1.82, 2.24) is 0 Å². The van der Waals surface area contributed by atoms with Crippen molar-refractivity contribution in [1.29, 1.82) is 0 Å². The van der Waals surface area contributed by atoms with Gasteiger partial charge < -0.3 is 19.5 Å². The number of nitrogens with one attached hydrogen (secondary N) is 1. The normalized spacial score (nSPS) is 11.4. The Morgan fingerprint density at radius 1 is 1.07 bits per heavy atom. The van der Waals surface area contributed by atoms with Crippen LogP contribution in [0.3, 0.4) is 0 Å². The second-order valence-electron chi connectivity index (χ2n) is 5.93. The Balaban J connectivity index is 2.13. The molecule has 144 valence electrons. The van der Waals surface area contributed by atoms with Crippen LogP contribution in [0.4, 0.5) is 5.69 Å². The summed E-state index contributed by atoms with van der Waals surface area (Å²) < 4.78 is 16.0. The Morgan fingerprint density at radius 3 is 2.48 bits per heavy atom. The predicted octanol–water partition coefficient (Wildman–Crippen LogP) is 3.98. The van der Waals surface area contributed by atoms with Crippen LogP contribution in [-0.4, -0.2) is 31.7 Å². The van der Waals surface area contributed by atoms with Gasteiger partial charge in [0.25, 0.3) is 5.91 Å². The molecule has 0 saturated heterocycles. The van der Waals surface area contributed by atoms with Crippen molar-refractivity contribution in [3.8, 4) is 11.5 Å². The van der Waals surface area contributed by atoms with E-state index < -0.39 is 12.1 Å². The molecule has 2 rings (SSSR count). The zero-order valence-corrected chi connectivity index (χ0v) is 16.1. The molecule has 2 aromatic carbocycles. The summed E-state index contributed by atoms with van der Waals surface area (Å²) in [6, 6.07) is 12.2. The highest BCUT2D eigenvalue weighted by Crippen LogP contribution is 2.22. The molecule has 6 nitrogen and oxygen atoms in total. The summed E-state index contributed by atoms with van der Waals surface area (Å²) in [5.41, 5.74) is 1.78. The quantitative estimate of drug-likeness (QED) is 0.711. The summed E-state index contributed by atoms with van der Waals surface area (Å²) in [4.78, 5) is 24.6. The van der Waals surface area contributed by atoms with E-state index in [4.69, 9.17) is 14.2 Å². The molecule has 0 bridgehead atoms. The third-order valence-electron chi connectivity index (χ3n) is 3.99. The molecule has 0 aliphatic carbocycles. The van der Waals surface area contributed by atoms with Crippen molar-refractivity contribution in [3.63, 3.8) is 0 Å². The van der Waals surface area contributed by atoms with E-state index in [-0.39, 0.29) is 5.91 Å². The maximum atomic E-state index is 12.7. The molecule has 0 saturated carbocycles. The van der Waals surface area contributed by atoms with E-state index in [1.54, 1.807) is 56.5 Å². The third-order valence-corrected chi connectivity index (χ3v) is 3.99. The molecule has 0 aliphatic heterocycles. The Kier molecular flexibility index (Phi) is 7.23. The molecule has 0 aromatic heterocycles. The first-order valence-corrected chi connectivity index (χ1v) is 8.87. The van der Waals surface area contributed by atoms with Gasteiger partial charge in [0.05, 0.1) is 19.3 Å². The van der Waals surface area contributed by atoms with Crippen LogP contribution in [0.1, 0.15) is 36.2 Å². The summed E-state index contributed by atoms with van der Waals surface area (Å²) in [6.07, 6.45) is -0.192. The lowest BCUT2D eigenvalue weighted by molar-refractivity contribution is -0.122. The van der Waals surface area contributed by atoms with Crippen LogP contribution in [-0.2, 0) is 9.53 Å². The van der Waals surface area contributed by atoms with Gasteiger partial charge in [0.2, 0.25) is 0 Å². The van der Waals surface area contributed by atoms with Crippen LogP contribution >= 0.6 is 0 Å². The number of methoxy groups -OCH3 is 1. The lowest BCUT2D eigenvalue weighted by Gasteiger charge is -2.18. The number of carbonyl (C=O) groups excluding carboxylic acids is 2. The molecule has 0 aliphatic rings. The summed E-state index contributed by atoms with van der Waals surface area (Å²) in [6.45, 7) is 5.76. The molecule has 6 heteroatoms. The molecule has 0 spiro atoms. The Morgan fingerprint density at radius 2 is 1.81 bits per heavy atom. The SMILES string of the molecule is CCOC(=O)c1ccc(C)c(NC(=O)C(CC)Oc2cccc(OC)c2)c1. The highest BCUT2D eigenvalue weighted by atomic mass is 16.5. The van der Waals surface area contributed by atoms with Gasteiger partial charge in [0, 0.05) is 11.8 Å². The van der Waals surface area contributed by atoms with Gasteiger partial charge in [0.1, 0.15) is 11.5 Å². The van der Waals surface area contributed by atoms with Crippen LogP contribution < -0.4 is 14.8 Å². The number of anilines is 1. The first-order chi connectivity index (χ1) is 13.0. The number of hydrogen-bond acceptors (Lipinski definition) is 5. The van der Waals surface area contributed by atoms with Crippen molar-refractivity contribution in [2.24, 2.45) is 0 Å². The van der Waals surface area contributed by atoms with E-state index >= 15 is 0 Å². The Labute approximate surface area is 159 Å². The number of esters is 1. The van der Waals surface area contributed by atoms with Gasteiger partial charge in [-0.3, -0.25) is 4.79 Å². The van der Waals surface area contributed by atoms with Crippen molar-refractivity contribution in [2.45, 2.75) is 33.3 Å². The molecular formula is C21H25NO5. The maximum absolute atomic E-state index is 12.7.